The molecule has 0 aliphatic heterocycles. The Hall–Kier alpha value is -3.91. The Bertz CT molecular complexity index is 1440. The van der Waals surface area contributed by atoms with Crippen molar-refractivity contribution in [2.45, 2.75) is 24.3 Å². The number of hydrogen-bond donors (Lipinski definition) is 1. The lowest BCUT2D eigenvalue weighted by Gasteiger charge is -2.17. The average molecular weight is 494 g/mol. The van der Waals surface area contributed by atoms with Crippen molar-refractivity contribution in [1.29, 1.82) is 0 Å². The zero-order valence-corrected chi connectivity index (χ0v) is 20.0. The Morgan fingerprint density at radius 3 is 2.20 bits per heavy atom. The molecule has 8 heteroatoms. The summed E-state index contributed by atoms with van der Waals surface area (Å²) < 4.78 is 44.6. The number of rotatable bonds is 7. The highest BCUT2D eigenvalue weighted by atomic mass is 32.2. The molecule has 1 N–H and O–H groups in total. The van der Waals surface area contributed by atoms with Gasteiger partial charge in [-0.05, 0) is 66.1 Å². The molecule has 6 nitrogen and oxygen atoms in total. The van der Waals surface area contributed by atoms with Gasteiger partial charge >= 0.3 is 6.16 Å². The first-order valence-electron chi connectivity index (χ1n) is 10.9. The number of carboxylic acid groups (broad SMARTS) is 1. The van der Waals surface area contributed by atoms with Crippen LogP contribution in [0.5, 0.6) is 0 Å². The van der Waals surface area contributed by atoms with E-state index in [1.54, 1.807) is 36.4 Å². The van der Waals surface area contributed by atoms with Crippen LogP contribution >= 0.6 is 0 Å². The summed E-state index contributed by atoms with van der Waals surface area (Å²) in [4.78, 5) is 11.6. The fourth-order valence-electron chi connectivity index (χ4n) is 4.09. The van der Waals surface area contributed by atoms with E-state index in [0.29, 0.717) is 5.69 Å². The largest absolute Gasteiger partial charge is 0.506 e. The van der Waals surface area contributed by atoms with E-state index >= 15 is 0 Å². The van der Waals surface area contributed by atoms with Crippen LogP contribution in [0.3, 0.4) is 0 Å². The lowest BCUT2D eigenvalue weighted by Crippen LogP contribution is -2.12. The first kappa shape index (κ1) is 24.2. The van der Waals surface area contributed by atoms with Crippen LogP contribution in [0.1, 0.15) is 22.9 Å². The molecular formula is C27H24FNO5S. The van der Waals surface area contributed by atoms with Crippen LogP contribution in [0.2, 0.25) is 0 Å². The van der Waals surface area contributed by atoms with E-state index in [1.165, 1.54) is 12.1 Å². The van der Waals surface area contributed by atoms with Crippen molar-refractivity contribution in [3.8, 4) is 16.9 Å². The highest BCUT2D eigenvalue weighted by Crippen LogP contribution is 2.33. The fraction of sp³-hybridized carbons (Fsp3) is 0.148. The van der Waals surface area contributed by atoms with Gasteiger partial charge in [0, 0.05) is 24.1 Å². The monoisotopic (exact) mass is 493 g/mol. The molecule has 3 aromatic carbocycles. The second-order valence-corrected chi connectivity index (χ2v) is 10.3. The number of halogens is 1. The zero-order valence-electron chi connectivity index (χ0n) is 19.2. The van der Waals surface area contributed by atoms with Gasteiger partial charge in [-0.2, -0.15) is 0 Å². The SMILES string of the molecule is Cc1c(CC(OC(=O)O)c2ccccc2)cc(-c2ccc(S(C)(=O)=O)cc2)n1-c1ccc(F)cc1. The molecule has 0 bridgehead atoms. The van der Waals surface area contributed by atoms with Crippen LogP contribution in [0.25, 0.3) is 16.9 Å². The summed E-state index contributed by atoms with van der Waals surface area (Å²) in [5.41, 5.74) is 4.62. The summed E-state index contributed by atoms with van der Waals surface area (Å²) in [5, 5.41) is 9.31. The van der Waals surface area contributed by atoms with Crippen molar-refractivity contribution in [1.82, 2.24) is 4.57 Å². The number of carbonyl (C=O) groups is 1. The van der Waals surface area contributed by atoms with Crippen LogP contribution in [0.15, 0.2) is 89.8 Å². The van der Waals surface area contributed by atoms with Crippen molar-refractivity contribution in [3.05, 3.63) is 108 Å². The molecule has 180 valence electrons. The zero-order chi connectivity index (χ0) is 25.2. The van der Waals surface area contributed by atoms with E-state index in [9.17, 15) is 22.7 Å². The van der Waals surface area contributed by atoms with Crippen molar-refractivity contribution in [2.75, 3.05) is 6.26 Å². The molecule has 4 aromatic rings. The van der Waals surface area contributed by atoms with Crippen molar-refractivity contribution in [2.24, 2.45) is 0 Å². The van der Waals surface area contributed by atoms with Gasteiger partial charge in [0.2, 0.25) is 0 Å². The van der Waals surface area contributed by atoms with Crippen molar-refractivity contribution < 1.29 is 27.4 Å². The van der Waals surface area contributed by atoms with E-state index in [4.69, 9.17) is 4.74 Å². The second-order valence-electron chi connectivity index (χ2n) is 8.24. The Morgan fingerprint density at radius 1 is 1.00 bits per heavy atom. The molecular weight excluding hydrogens is 469 g/mol. The molecule has 0 spiro atoms. The smallest absolute Gasteiger partial charge is 0.450 e. The quantitative estimate of drug-likeness (QED) is 0.321. The minimum atomic E-state index is -3.35. The minimum Gasteiger partial charge on any atom is -0.450 e. The van der Waals surface area contributed by atoms with Gasteiger partial charge < -0.3 is 14.4 Å². The number of hydrogen-bond acceptors (Lipinski definition) is 4. The van der Waals surface area contributed by atoms with Gasteiger partial charge in [-0.3, -0.25) is 0 Å². The van der Waals surface area contributed by atoms with Crippen LogP contribution in [-0.2, 0) is 21.0 Å². The maximum Gasteiger partial charge on any atom is 0.506 e. The molecule has 0 radical (unpaired) electrons. The lowest BCUT2D eigenvalue weighted by molar-refractivity contribution is 0.0512. The Labute approximate surface area is 203 Å². The van der Waals surface area contributed by atoms with E-state index in [2.05, 4.69) is 0 Å². The highest BCUT2D eigenvalue weighted by molar-refractivity contribution is 7.90. The number of aromatic nitrogens is 1. The predicted octanol–water partition coefficient (Wildman–Crippen LogP) is 5.97. The third kappa shape index (κ3) is 5.44. The standard InChI is InChI=1S/C27H24FNO5S/c1-18-21(17-26(34-27(30)31)20-6-4-3-5-7-20)16-25(29(18)23-12-10-22(28)11-13-23)19-8-14-24(15-9-19)35(2,32)33/h3-16,26H,17H2,1-2H3,(H,30,31). The van der Waals surface area contributed by atoms with Gasteiger partial charge in [-0.1, -0.05) is 42.5 Å². The van der Waals surface area contributed by atoms with Crippen LogP contribution in [0, 0.1) is 12.7 Å². The molecule has 4 rings (SSSR count). The van der Waals surface area contributed by atoms with Crippen molar-refractivity contribution >= 4 is 16.0 Å². The summed E-state index contributed by atoms with van der Waals surface area (Å²) >= 11 is 0. The maximum atomic E-state index is 13.6. The Balaban J connectivity index is 1.83. The van der Waals surface area contributed by atoms with Gasteiger partial charge in [0.25, 0.3) is 0 Å². The van der Waals surface area contributed by atoms with Gasteiger partial charge in [0.05, 0.1) is 10.6 Å². The second kappa shape index (κ2) is 9.76. The molecule has 0 aliphatic carbocycles. The molecule has 1 atom stereocenters. The number of nitrogens with zero attached hydrogens (tertiary/aromatic N) is 1. The number of benzene rings is 3. The molecule has 0 fully saturated rings. The summed E-state index contributed by atoms with van der Waals surface area (Å²) in [6.07, 6.45) is -0.662. The van der Waals surface area contributed by atoms with Gasteiger partial charge in [-0.15, -0.1) is 0 Å². The summed E-state index contributed by atoms with van der Waals surface area (Å²) in [5.74, 6) is -0.364. The van der Waals surface area contributed by atoms with Crippen molar-refractivity contribution in [3.63, 3.8) is 0 Å². The average Bonchev–Trinajstić information content (AvgIpc) is 3.15. The minimum absolute atomic E-state index is 0.206. The molecule has 1 aromatic heterocycles. The van der Waals surface area contributed by atoms with Gasteiger partial charge in [0.15, 0.2) is 9.84 Å². The van der Waals surface area contributed by atoms with Crippen LogP contribution < -0.4 is 0 Å². The molecule has 0 saturated carbocycles. The van der Waals surface area contributed by atoms with Crippen LogP contribution in [-0.4, -0.2) is 30.5 Å². The predicted molar refractivity (Wildman–Crippen MR) is 131 cm³/mol. The third-order valence-corrected chi connectivity index (χ3v) is 6.96. The normalized spacial score (nSPS) is 12.3. The molecule has 0 aliphatic rings. The summed E-state index contributed by atoms with van der Waals surface area (Å²) in [7, 11) is -3.35. The molecule has 1 unspecified atom stereocenters. The van der Waals surface area contributed by atoms with E-state index in [0.717, 1.165) is 34.3 Å². The van der Waals surface area contributed by atoms with E-state index in [-0.39, 0.29) is 17.1 Å². The molecule has 0 amide bonds. The van der Waals surface area contributed by atoms with E-state index < -0.39 is 22.1 Å². The molecule has 0 saturated heterocycles. The third-order valence-electron chi connectivity index (χ3n) is 5.83. The maximum absolute atomic E-state index is 13.6. The highest BCUT2D eigenvalue weighted by Gasteiger charge is 2.22. The van der Waals surface area contributed by atoms with Gasteiger partial charge in [-0.25, -0.2) is 17.6 Å². The first-order chi connectivity index (χ1) is 16.6. The molecule has 35 heavy (non-hydrogen) atoms. The van der Waals surface area contributed by atoms with E-state index in [1.807, 2.05) is 47.9 Å². The Kier molecular flexibility index (Phi) is 6.75. The van der Waals surface area contributed by atoms with Crippen LogP contribution in [0.4, 0.5) is 9.18 Å². The summed E-state index contributed by atoms with van der Waals surface area (Å²) in [6, 6.07) is 23.6. The summed E-state index contributed by atoms with van der Waals surface area (Å²) in [6.45, 7) is 1.90. The fourth-order valence-corrected chi connectivity index (χ4v) is 4.72. The number of sulfone groups is 1. The van der Waals surface area contributed by atoms with Gasteiger partial charge in [0.1, 0.15) is 11.9 Å². The Morgan fingerprint density at radius 2 is 1.63 bits per heavy atom. The lowest BCUT2D eigenvalue weighted by atomic mass is 10.0. The first-order valence-corrected chi connectivity index (χ1v) is 12.7. The number of ether oxygens (including phenoxy) is 1. The molecule has 1 heterocycles. The topological polar surface area (TPSA) is 85.6 Å².